The third-order valence-electron chi connectivity index (χ3n) is 9.17. The van der Waals surface area contributed by atoms with Crippen molar-refractivity contribution in [2.24, 2.45) is 14.1 Å². The minimum absolute atomic E-state index is 0.0935. The molecule has 1 atom stereocenters. The number of para-hydroxylation sites is 2. The molecule has 1 fully saturated rings. The van der Waals surface area contributed by atoms with Gasteiger partial charge in [-0.15, -0.1) is 11.3 Å². The molecule has 0 saturated carbocycles. The molecule has 1 aliphatic heterocycles. The molecule has 1 saturated heterocycles. The summed E-state index contributed by atoms with van der Waals surface area (Å²) in [6, 6.07) is 28.5. The molecule has 214 valence electrons. The molecule has 7 heteroatoms. The minimum atomic E-state index is -3.71. The predicted octanol–water partition coefficient (Wildman–Crippen LogP) is 7.73. The maximum atomic E-state index is 14.1. The van der Waals surface area contributed by atoms with Crippen LogP contribution in [0.5, 0.6) is 0 Å². The molecule has 43 heavy (non-hydrogen) atoms. The van der Waals surface area contributed by atoms with Gasteiger partial charge in [-0.3, -0.25) is 0 Å². The van der Waals surface area contributed by atoms with E-state index in [1.54, 1.807) is 27.8 Å². The summed E-state index contributed by atoms with van der Waals surface area (Å²) in [4.78, 5) is 1.55. The zero-order valence-corrected chi connectivity index (χ0v) is 25.9. The molecule has 0 N–H and O–H groups in total. The third-order valence-corrected chi connectivity index (χ3v) is 11.9. The first-order chi connectivity index (χ1) is 20.8. The van der Waals surface area contributed by atoms with E-state index >= 15 is 0 Å². The number of aromatic nitrogens is 2. The Kier molecular flexibility index (Phi) is 5.95. The second kappa shape index (κ2) is 9.67. The summed E-state index contributed by atoms with van der Waals surface area (Å²) in [6.45, 7) is 2.72. The van der Waals surface area contributed by atoms with Gasteiger partial charge in [0.05, 0.1) is 10.6 Å². The lowest BCUT2D eigenvalue weighted by Crippen LogP contribution is -2.29. The molecule has 0 spiro atoms. The number of hydrogen-bond donors (Lipinski definition) is 0. The Morgan fingerprint density at radius 3 is 2.30 bits per heavy atom. The first-order valence-corrected chi connectivity index (χ1v) is 16.8. The van der Waals surface area contributed by atoms with Gasteiger partial charge in [0.2, 0.25) is 10.0 Å². The van der Waals surface area contributed by atoms with E-state index in [0.29, 0.717) is 18.0 Å². The zero-order chi connectivity index (χ0) is 29.5. The molecular weight excluding hydrogens is 571 g/mol. The van der Waals surface area contributed by atoms with Gasteiger partial charge in [-0.1, -0.05) is 60.2 Å². The summed E-state index contributed by atoms with van der Waals surface area (Å²) in [6.07, 6.45) is 4.54. The lowest BCUT2D eigenvalue weighted by Gasteiger charge is -2.18. The monoisotopic (exact) mass is 601 g/mol. The lowest BCUT2D eigenvalue weighted by atomic mass is 9.88. The molecule has 6 aromatic rings. The summed E-state index contributed by atoms with van der Waals surface area (Å²) < 4.78 is 34.5. The van der Waals surface area contributed by atoms with Gasteiger partial charge in [0.1, 0.15) is 0 Å². The summed E-state index contributed by atoms with van der Waals surface area (Å²) in [5.74, 6) is -0.0935. The van der Waals surface area contributed by atoms with Crippen molar-refractivity contribution in [2.45, 2.75) is 17.7 Å². The van der Waals surface area contributed by atoms with E-state index in [0.717, 1.165) is 39.0 Å². The highest BCUT2D eigenvalue weighted by molar-refractivity contribution is 7.89. The van der Waals surface area contributed by atoms with Crippen molar-refractivity contribution in [1.29, 1.82) is 0 Å². The van der Waals surface area contributed by atoms with Gasteiger partial charge in [-0.25, -0.2) is 8.42 Å². The number of aryl methyl sites for hydroxylation is 3. The summed E-state index contributed by atoms with van der Waals surface area (Å²) in [5.41, 5.74) is 10.3. The average molecular weight is 602 g/mol. The minimum Gasteiger partial charge on any atom is -0.350 e. The quantitative estimate of drug-likeness (QED) is 0.208. The van der Waals surface area contributed by atoms with Crippen molar-refractivity contribution < 1.29 is 8.42 Å². The maximum Gasteiger partial charge on any atom is 0.243 e. The number of thiophene rings is 1. The van der Waals surface area contributed by atoms with Gasteiger partial charge in [-0.2, -0.15) is 4.31 Å². The van der Waals surface area contributed by atoms with E-state index in [4.69, 9.17) is 0 Å². The van der Waals surface area contributed by atoms with E-state index in [1.165, 1.54) is 26.8 Å². The standard InChI is InChI=1S/C36H31N3O2S2/c1-23-14-16-24(17-15-23)43(40,41)39-21-30-27(29-20-37(2)32-11-6-4-9-25(29)32)19-28(34-13-8-18-42-34)36-35(31(30)22-39)26-10-5-7-12-33(26)38(36)3/h4-20,31H,21-22H2,1-3H3. The van der Waals surface area contributed by atoms with Crippen molar-refractivity contribution in [3.8, 4) is 0 Å². The second-order valence-corrected chi connectivity index (χ2v) is 14.5. The van der Waals surface area contributed by atoms with Crippen LogP contribution in [0.1, 0.15) is 33.2 Å². The van der Waals surface area contributed by atoms with Gasteiger partial charge >= 0.3 is 0 Å². The van der Waals surface area contributed by atoms with Crippen LogP contribution < -0.4 is 0 Å². The Bertz CT molecular complexity index is 2230. The van der Waals surface area contributed by atoms with Gasteiger partial charge in [0, 0.05) is 77.1 Å². The van der Waals surface area contributed by atoms with Crippen LogP contribution in [-0.4, -0.2) is 34.9 Å². The lowest BCUT2D eigenvalue weighted by molar-refractivity contribution is 0.475. The molecule has 5 nitrogen and oxygen atoms in total. The summed E-state index contributed by atoms with van der Waals surface area (Å²) in [5, 5.41) is 4.48. The van der Waals surface area contributed by atoms with Crippen LogP contribution in [0, 0.1) is 6.92 Å². The maximum absolute atomic E-state index is 14.1. The van der Waals surface area contributed by atoms with Gasteiger partial charge in [0.25, 0.3) is 0 Å². The highest BCUT2D eigenvalue weighted by atomic mass is 32.2. The second-order valence-electron chi connectivity index (χ2n) is 11.6. The van der Waals surface area contributed by atoms with Crippen LogP contribution in [0.15, 0.2) is 113 Å². The Morgan fingerprint density at radius 1 is 0.837 bits per heavy atom. The highest BCUT2D eigenvalue weighted by Gasteiger charge is 2.42. The van der Waals surface area contributed by atoms with Gasteiger partial charge in [0.15, 0.2) is 0 Å². The van der Waals surface area contributed by atoms with Gasteiger partial charge < -0.3 is 9.13 Å². The smallest absolute Gasteiger partial charge is 0.243 e. The molecule has 0 bridgehead atoms. The Hall–Kier alpha value is -4.17. The molecule has 1 unspecified atom stereocenters. The molecular formula is C36H31N3O2S2. The van der Waals surface area contributed by atoms with Crippen molar-refractivity contribution >= 4 is 54.3 Å². The number of rotatable bonds is 4. The van der Waals surface area contributed by atoms with Crippen molar-refractivity contribution in [3.63, 3.8) is 0 Å². The van der Waals surface area contributed by atoms with Crippen LogP contribution >= 0.6 is 11.3 Å². The van der Waals surface area contributed by atoms with Crippen LogP contribution in [-0.2, 0) is 24.1 Å². The van der Waals surface area contributed by atoms with Crippen molar-refractivity contribution in [1.82, 2.24) is 13.4 Å². The van der Waals surface area contributed by atoms with Crippen LogP contribution in [0.4, 0.5) is 0 Å². The molecule has 0 amide bonds. The summed E-state index contributed by atoms with van der Waals surface area (Å²) in [7, 11) is 0.518. The highest BCUT2D eigenvalue weighted by Crippen LogP contribution is 2.50. The molecule has 3 aromatic heterocycles. The molecule has 8 rings (SSSR count). The number of sulfonamides is 1. The zero-order valence-electron chi connectivity index (χ0n) is 24.3. The predicted molar refractivity (Wildman–Crippen MR) is 177 cm³/mol. The fourth-order valence-corrected chi connectivity index (χ4v) is 9.27. The molecule has 3 aromatic carbocycles. The van der Waals surface area contributed by atoms with Crippen molar-refractivity contribution in [2.75, 3.05) is 13.1 Å². The number of fused-ring (bicyclic) bond motifs is 6. The van der Waals surface area contributed by atoms with Gasteiger partial charge in [-0.05, 0) is 65.4 Å². The Balaban J connectivity index is 1.44. The largest absolute Gasteiger partial charge is 0.350 e. The van der Waals surface area contributed by atoms with E-state index in [9.17, 15) is 8.42 Å². The van der Waals surface area contributed by atoms with E-state index in [2.05, 4.69) is 102 Å². The topological polar surface area (TPSA) is 47.2 Å². The number of benzene rings is 3. The van der Waals surface area contributed by atoms with Crippen LogP contribution in [0.2, 0.25) is 0 Å². The summed E-state index contributed by atoms with van der Waals surface area (Å²) >= 11 is 1.74. The first-order valence-electron chi connectivity index (χ1n) is 14.5. The fraction of sp³-hybridized carbons (Fsp3) is 0.167. The molecule has 0 radical (unpaired) electrons. The van der Waals surface area contributed by atoms with Crippen molar-refractivity contribution in [3.05, 3.63) is 135 Å². The molecule has 4 heterocycles. The SMILES string of the molecule is Cc1ccc(S(=O)(=O)N2CC3=C(c4cn(C)c5ccccc45)C=C(c4cccs4)c4c(c5ccccc5n4C)C3C2)cc1. The van der Waals surface area contributed by atoms with E-state index in [-0.39, 0.29) is 5.92 Å². The van der Waals surface area contributed by atoms with Crippen LogP contribution in [0.3, 0.4) is 0 Å². The molecule has 1 aliphatic carbocycles. The molecule has 2 aliphatic rings. The Morgan fingerprint density at radius 2 is 1.56 bits per heavy atom. The normalized spacial score (nSPS) is 17.4. The fourth-order valence-electron chi connectivity index (χ4n) is 7.09. The third kappa shape index (κ3) is 3.95. The average Bonchev–Trinajstić information content (AvgIpc) is 3.80. The first kappa shape index (κ1) is 26.5. The van der Waals surface area contributed by atoms with E-state index < -0.39 is 10.0 Å². The number of allylic oxidation sites excluding steroid dienone is 2. The van der Waals surface area contributed by atoms with E-state index in [1.807, 2.05) is 19.1 Å². The van der Waals surface area contributed by atoms with Crippen LogP contribution in [0.25, 0.3) is 33.0 Å². The Labute approximate surface area is 255 Å². The number of hydrogen-bond acceptors (Lipinski definition) is 3. The number of nitrogens with zero attached hydrogens (tertiary/aromatic N) is 3.